The fraction of sp³-hybridized carbons (Fsp3) is 0.400. The van der Waals surface area contributed by atoms with Crippen LogP contribution in [-0.4, -0.2) is 41.2 Å². The summed E-state index contributed by atoms with van der Waals surface area (Å²) in [6, 6.07) is 10.5. The van der Waals surface area contributed by atoms with E-state index in [1.54, 1.807) is 18.2 Å². The lowest BCUT2D eigenvalue weighted by atomic mass is 9.86. The molecule has 1 unspecified atom stereocenters. The number of benzene rings is 2. The molecule has 1 saturated carbocycles. The summed E-state index contributed by atoms with van der Waals surface area (Å²) in [6.07, 6.45) is 5.83. The predicted molar refractivity (Wildman–Crippen MR) is 126 cm³/mol. The van der Waals surface area contributed by atoms with E-state index >= 15 is 0 Å². The van der Waals surface area contributed by atoms with Gasteiger partial charge < -0.3 is 24.8 Å². The molecule has 5 rings (SSSR count). The van der Waals surface area contributed by atoms with Gasteiger partial charge in [-0.2, -0.15) is 9.78 Å². The van der Waals surface area contributed by atoms with Crippen LogP contribution in [-0.2, 0) is 4.74 Å². The highest BCUT2D eigenvalue weighted by atomic mass is 16.5. The minimum absolute atomic E-state index is 0.200. The molecule has 9 heteroatoms. The van der Waals surface area contributed by atoms with Crippen molar-refractivity contribution in [2.75, 3.05) is 19.0 Å². The molecule has 2 aliphatic rings. The molecule has 0 bridgehead atoms. The highest BCUT2D eigenvalue weighted by molar-refractivity contribution is 6.02. The molecule has 0 saturated heterocycles. The van der Waals surface area contributed by atoms with Crippen molar-refractivity contribution in [1.82, 2.24) is 15.1 Å². The van der Waals surface area contributed by atoms with Gasteiger partial charge in [-0.25, -0.2) is 9.59 Å². The lowest BCUT2D eigenvalue weighted by Crippen LogP contribution is -2.44. The Labute approximate surface area is 197 Å². The van der Waals surface area contributed by atoms with E-state index in [-0.39, 0.29) is 17.7 Å². The minimum Gasteiger partial charge on any atom is -0.494 e. The highest BCUT2D eigenvalue weighted by Crippen LogP contribution is 2.48. The van der Waals surface area contributed by atoms with Gasteiger partial charge >= 0.3 is 12.1 Å². The van der Waals surface area contributed by atoms with E-state index in [2.05, 4.69) is 15.7 Å². The first-order chi connectivity index (χ1) is 16.5. The molecule has 178 valence electrons. The Morgan fingerprint density at radius 1 is 1.24 bits per heavy atom. The van der Waals surface area contributed by atoms with Crippen LogP contribution < -0.4 is 20.1 Å². The number of carbonyl (C=O) groups excluding carboxylic acids is 2. The first kappa shape index (κ1) is 22.1. The zero-order valence-electron chi connectivity index (χ0n) is 19.3. The van der Waals surface area contributed by atoms with Crippen molar-refractivity contribution in [3.05, 3.63) is 48.2 Å². The summed E-state index contributed by atoms with van der Waals surface area (Å²) in [5, 5.41) is 10.8. The molecule has 1 aromatic heterocycles. The summed E-state index contributed by atoms with van der Waals surface area (Å²) in [6.45, 7) is 2.52. The Hall–Kier alpha value is -3.75. The summed E-state index contributed by atoms with van der Waals surface area (Å²) >= 11 is 0. The summed E-state index contributed by atoms with van der Waals surface area (Å²) in [4.78, 5) is 25.0. The standard InChI is InChI=1S/C25H28N4O5/c1-3-33-16-9-10-17-20(14-25(11-4-5-12-25)34-22(17)13-16)28-23(30)27-19-7-6-8-21-18(19)15-26-29(21)24(31)32-2/h6-10,13,15,20H,3-5,11-12,14H2,1-2H3,(H2,27,28,30). The van der Waals surface area contributed by atoms with Crippen molar-refractivity contribution in [1.29, 1.82) is 0 Å². The van der Waals surface area contributed by atoms with E-state index in [4.69, 9.17) is 14.2 Å². The number of urea groups is 1. The second kappa shape index (κ2) is 8.89. The zero-order chi connectivity index (χ0) is 23.7. The largest absolute Gasteiger partial charge is 0.494 e. The maximum Gasteiger partial charge on any atom is 0.434 e. The molecule has 2 amide bonds. The van der Waals surface area contributed by atoms with Crippen LogP contribution in [0.2, 0.25) is 0 Å². The quantitative estimate of drug-likeness (QED) is 0.563. The molecule has 2 heterocycles. The lowest BCUT2D eigenvalue weighted by molar-refractivity contribution is 0.0384. The van der Waals surface area contributed by atoms with Gasteiger partial charge in [0.25, 0.3) is 0 Å². The van der Waals surface area contributed by atoms with Crippen molar-refractivity contribution in [3.8, 4) is 11.5 Å². The number of ether oxygens (including phenoxy) is 3. The third kappa shape index (κ3) is 4.02. The third-order valence-corrected chi connectivity index (χ3v) is 6.60. The maximum atomic E-state index is 13.1. The van der Waals surface area contributed by atoms with Gasteiger partial charge in [-0.15, -0.1) is 0 Å². The minimum atomic E-state index is -0.594. The number of nitrogens with one attached hydrogen (secondary N) is 2. The summed E-state index contributed by atoms with van der Waals surface area (Å²) in [7, 11) is 1.30. The fourth-order valence-electron chi connectivity index (χ4n) is 5.07. The van der Waals surface area contributed by atoms with Gasteiger partial charge in [-0.05, 0) is 56.9 Å². The number of nitrogens with zero attached hydrogens (tertiary/aromatic N) is 2. The second-order valence-electron chi connectivity index (χ2n) is 8.74. The van der Waals surface area contributed by atoms with Crippen molar-refractivity contribution in [2.45, 2.75) is 50.7 Å². The van der Waals surface area contributed by atoms with Crippen LogP contribution >= 0.6 is 0 Å². The molecule has 2 N–H and O–H groups in total. The van der Waals surface area contributed by atoms with Crippen molar-refractivity contribution in [2.24, 2.45) is 0 Å². The van der Waals surface area contributed by atoms with Crippen LogP contribution in [0, 0.1) is 0 Å². The molecule has 2 aromatic carbocycles. The summed E-state index contributed by atoms with van der Waals surface area (Å²) < 4.78 is 18.1. The van der Waals surface area contributed by atoms with Crippen LogP contribution in [0.4, 0.5) is 15.3 Å². The zero-order valence-corrected chi connectivity index (χ0v) is 19.3. The summed E-state index contributed by atoms with van der Waals surface area (Å²) in [5.41, 5.74) is 1.78. The van der Waals surface area contributed by atoms with Gasteiger partial charge in [0, 0.05) is 23.4 Å². The first-order valence-electron chi connectivity index (χ1n) is 11.6. The molecular formula is C25H28N4O5. The van der Waals surface area contributed by atoms with Crippen LogP contribution in [0.3, 0.4) is 0 Å². The number of methoxy groups -OCH3 is 1. The number of hydrogen-bond donors (Lipinski definition) is 2. The number of amides is 2. The van der Waals surface area contributed by atoms with Crippen LogP contribution in [0.1, 0.15) is 50.6 Å². The molecule has 1 spiro atoms. The Balaban J connectivity index is 1.39. The number of aromatic nitrogens is 2. The third-order valence-electron chi connectivity index (χ3n) is 6.60. The molecule has 0 radical (unpaired) electrons. The molecule has 3 aromatic rings. The molecule has 1 aliphatic carbocycles. The van der Waals surface area contributed by atoms with E-state index < -0.39 is 6.09 Å². The number of rotatable bonds is 4. The van der Waals surface area contributed by atoms with Gasteiger partial charge in [0.05, 0.1) is 37.2 Å². The first-order valence-corrected chi connectivity index (χ1v) is 11.6. The molecule has 34 heavy (non-hydrogen) atoms. The van der Waals surface area contributed by atoms with E-state index in [0.717, 1.165) is 47.4 Å². The van der Waals surface area contributed by atoms with E-state index in [1.165, 1.54) is 13.3 Å². The van der Waals surface area contributed by atoms with Crippen LogP contribution in [0.25, 0.3) is 10.9 Å². The molecule has 1 aliphatic heterocycles. The lowest BCUT2D eigenvalue weighted by Gasteiger charge is -2.40. The van der Waals surface area contributed by atoms with Gasteiger partial charge in [0.15, 0.2) is 0 Å². The number of hydrogen-bond acceptors (Lipinski definition) is 6. The summed E-state index contributed by atoms with van der Waals surface area (Å²) in [5.74, 6) is 1.53. The van der Waals surface area contributed by atoms with E-state index in [9.17, 15) is 9.59 Å². The van der Waals surface area contributed by atoms with Gasteiger partial charge in [-0.1, -0.05) is 6.07 Å². The monoisotopic (exact) mass is 464 g/mol. The number of carbonyl (C=O) groups is 2. The van der Waals surface area contributed by atoms with E-state index in [1.807, 2.05) is 25.1 Å². The highest BCUT2D eigenvalue weighted by Gasteiger charge is 2.43. The molecular weight excluding hydrogens is 436 g/mol. The maximum absolute atomic E-state index is 13.1. The molecule has 9 nitrogen and oxygen atoms in total. The number of fused-ring (bicyclic) bond motifs is 2. The molecule has 1 fully saturated rings. The van der Waals surface area contributed by atoms with Crippen molar-refractivity contribution >= 4 is 28.7 Å². The molecule has 1 atom stereocenters. The Morgan fingerprint density at radius 3 is 2.82 bits per heavy atom. The van der Waals surface area contributed by atoms with Crippen molar-refractivity contribution < 1.29 is 23.8 Å². The Kier molecular flexibility index (Phi) is 5.77. The fourth-order valence-corrected chi connectivity index (χ4v) is 5.07. The van der Waals surface area contributed by atoms with Gasteiger partial charge in [-0.3, -0.25) is 0 Å². The smallest absolute Gasteiger partial charge is 0.434 e. The predicted octanol–water partition coefficient (Wildman–Crippen LogP) is 5.01. The van der Waals surface area contributed by atoms with Crippen LogP contribution in [0.5, 0.6) is 11.5 Å². The van der Waals surface area contributed by atoms with E-state index in [0.29, 0.717) is 29.6 Å². The van der Waals surface area contributed by atoms with Crippen LogP contribution in [0.15, 0.2) is 42.6 Å². The SMILES string of the molecule is CCOc1ccc2c(c1)OC1(CCCC1)CC2NC(=O)Nc1cccc2c1cnn2C(=O)OC. The second-order valence-corrected chi connectivity index (χ2v) is 8.74. The topological polar surface area (TPSA) is 104 Å². The average Bonchev–Trinajstić information content (AvgIpc) is 3.46. The average molecular weight is 465 g/mol. The van der Waals surface area contributed by atoms with Gasteiger partial charge in [0.1, 0.15) is 17.1 Å². The Bertz CT molecular complexity index is 1230. The Morgan fingerprint density at radius 2 is 2.06 bits per heavy atom. The number of anilines is 1. The van der Waals surface area contributed by atoms with Crippen molar-refractivity contribution in [3.63, 3.8) is 0 Å². The van der Waals surface area contributed by atoms with Gasteiger partial charge in [0.2, 0.25) is 0 Å². The normalized spacial score (nSPS) is 18.2.